The second-order valence-electron chi connectivity index (χ2n) is 4.44. The van der Waals surface area contributed by atoms with E-state index in [1.807, 2.05) is 0 Å². The molecule has 0 atom stereocenters. The zero-order valence-electron chi connectivity index (χ0n) is 9.80. The molecular formula is C12H15NO4S. The molecule has 6 heteroatoms. The Hall–Kier alpha value is -1.40. The highest BCUT2D eigenvalue weighted by Crippen LogP contribution is 2.22. The molecule has 0 aromatic heterocycles. The predicted molar refractivity (Wildman–Crippen MR) is 65.7 cm³/mol. The van der Waals surface area contributed by atoms with Crippen LogP contribution in [0.25, 0.3) is 0 Å². The zero-order chi connectivity index (χ0) is 13.2. The SMILES string of the molecule is O=C(O)CCc1cccc(S(=O)(=O)NC2CC2)c1. The number of benzene rings is 1. The Morgan fingerprint density at radius 1 is 1.39 bits per heavy atom. The van der Waals surface area contributed by atoms with Crippen LogP contribution in [0, 0.1) is 0 Å². The van der Waals surface area contributed by atoms with E-state index in [0.717, 1.165) is 18.4 Å². The zero-order valence-corrected chi connectivity index (χ0v) is 10.6. The third-order valence-electron chi connectivity index (χ3n) is 2.74. The van der Waals surface area contributed by atoms with Crippen molar-refractivity contribution in [2.75, 3.05) is 0 Å². The number of carboxylic acids is 1. The molecular weight excluding hydrogens is 254 g/mol. The van der Waals surface area contributed by atoms with Crippen LogP contribution in [0.15, 0.2) is 29.2 Å². The van der Waals surface area contributed by atoms with E-state index in [0.29, 0.717) is 6.42 Å². The molecule has 1 aromatic carbocycles. The van der Waals surface area contributed by atoms with Gasteiger partial charge in [-0.2, -0.15) is 0 Å². The number of sulfonamides is 1. The molecule has 0 unspecified atom stereocenters. The number of aryl methyl sites for hydroxylation is 1. The van der Waals surface area contributed by atoms with Crippen molar-refractivity contribution >= 4 is 16.0 Å². The summed E-state index contributed by atoms with van der Waals surface area (Å²) in [6, 6.07) is 6.50. The molecule has 18 heavy (non-hydrogen) atoms. The Labute approximate surface area is 106 Å². The monoisotopic (exact) mass is 269 g/mol. The first-order valence-electron chi connectivity index (χ1n) is 5.80. The van der Waals surface area contributed by atoms with Gasteiger partial charge in [0, 0.05) is 12.5 Å². The first-order chi connectivity index (χ1) is 8.47. The van der Waals surface area contributed by atoms with Crippen molar-refractivity contribution in [1.29, 1.82) is 0 Å². The number of rotatable bonds is 6. The van der Waals surface area contributed by atoms with Gasteiger partial charge in [-0.15, -0.1) is 0 Å². The standard InChI is InChI=1S/C12H15NO4S/c14-12(15)7-4-9-2-1-3-11(8-9)18(16,17)13-10-5-6-10/h1-3,8,10,13H,4-7H2,(H,14,15). The normalized spacial score (nSPS) is 15.6. The van der Waals surface area contributed by atoms with E-state index in [1.54, 1.807) is 12.1 Å². The summed E-state index contributed by atoms with van der Waals surface area (Å²) in [6.45, 7) is 0. The lowest BCUT2D eigenvalue weighted by Crippen LogP contribution is -2.25. The predicted octanol–water partition coefficient (Wildman–Crippen LogP) is 1.14. The third-order valence-corrected chi connectivity index (χ3v) is 4.25. The van der Waals surface area contributed by atoms with Gasteiger partial charge in [0.2, 0.25) is 10.0 Å². The van der Waals surface area contributed by atoms with Gasteiger partial charge in [-0.05, 0) is 37.0 Å². The lowest BCUT2D eigenvalue weighted by atomic mass is 10.1. The maximum atomic E-state index is 11.9. The van der Waals surface area contributed by atoms with Gasteiger partial charge in [-0.3, -0.25) is 4.79 Å². The fourth-order valence-corrected chi connectivity index (χ4v) is 2.98. The highest BCUT2D eigenvalue weighted by atomic mass is 32.2. The van der Waals surface area contributed by atoms with Crippen LogP contribution in [0.5, 0.6) is 0 Å². The topological polar surface area (TPSA) is 83.5 Å². The van der Waals surface area contributed by atoms with E-state index in [-0.39, 0.29) is 17.4 Å². The van der Waals surface area contributed by atoms with Crippen molar-refractivity contribution in [3.8, 4) is 0 Å². The summed E-state index contributed by atoms with van der Waals surface area (Å²) in [7, 11) is -3.46. The number of nitrogens with one attached hydrogen (secondary N) is 1. The number of aliphatic carboxylic acids is 1. The minimum atomic E-state index is -3.46. The summed E-state index contributed by atoms with van der Waals surface area (Å²) in [5, 5.41) is 8.60. The molecule has 0 heterocycles. The molecule has 2 N–H and O–H groups in total. The lowest BCUT2D eigenvalue weighted by molar-refractivity contribution is -0.136. The van der Waals surface area contributed by atoms with Gasteiger partial charge in [0.1, 0.15) is 0 Å². The molecule has 98 valence electrons. The Bertz CT molecular complexity index is 549. The van der Waals surface area contributed by atoms with E-state index in [4.69, 9.17) is 5.11 Å². The molecule has 0 spiro atoms. The summed E-state index contributed by atoms with van der Waals surface area (Å²) < 4.78 is 26.5. The molecule has 2 rings (SSSR count). The summed E-state index contributed by atoms with van der Waals surface area (Å²) in [5.41, 5.74) is 0.719. The molecule has 1 fully saturated rings. The van der Waals surface area contributed by atoms with Crippen molar-refractivity contribution in [2.24, 2.45) is 0 Å². The second-order valence-corrected chi connectivity index (χ2v) is 6.15. The molecule has 1 aromatic rings. The van der Waals surface area contributed by atoms with E-state index >= 15 is 0 Å². The number of hydrogen-bond acceptors (Lipinski definition) is 3. The smallest absolute Gasteiger partial charge is 0.303 e. The van der Waals surface area contributed by atoms with E-state index in [2.05, 4.69) is 4.72 Å². The van der Waals surface area contributed by atoms with E-state index in [9.17, 15) is 13.2 Å². The van der Waals surface area contributed by atoms with Gasteiger partial charge in [0.25, 0.3) is 0 Å². The molecule has 0 aliphatic heterocycles. The fourth-order valence-electron chi connectivity index (χ4n) is 1.61. The minimum Gasteiger partial charge on any atom is -0.481 e. The van der Waals surface area contributed by atoms with Crippen molar-refractivity contribution < 1.29 is 18.3 Å². The van der Waals surface area contributed by atoms with Crippen molar-refractivity contribution in [3.63, 3.8) is 0 Å². The van der Waals surface area contributed by atoms with Crippen LogP contribution in [-0.2, 0) is 21.2 Å². The van der Waals surface area contributed by atoms with Crippen molar-refractivity contribution in [2.45, 2.75) is 36.6 Å². The molecule has 5 nitrogen and oxygen atoms in total. The van der Waals surface area contributed by atoms with Gasteiger partial charge >= 0.3 is 5.97 Å². The average Bonchev–Trinajstić information content (AvgIpc) is 3.10. The Morgan fingerprint density at radius 2 is 2.11 bits per heavy atom. The van der Waals surface area contributed by atoms with Crippen LogP contribution in [-0.4, -0.2) is 25.5 Å². The van der Waals surface area contributed by atoms with Gasteiger partial charge < -0.3 is 5.11 Å². The highest BCUT2D eigenvalue weighted by molar-refractivity contribution is 7.89. The van der Waals surface area contributed by atoms with Crippen LogP contribution in [0.3, 0.4) is 0 Å². The van der Waals surface area contributed by atoms with Gasteiger partial charge in [-0.1, -0.05) is 12.1 Å². The maximum Gasteiger partial charge on any atom is 0.303 e. The largest absolute Gasteiger partial charge is 0.481 e. The molecule has 1 aliphatic carbocycles. The maximum absolute atomic E-state index is 11.9. The Balaban J connectivity index is 2.12. The van der Waals surface area contributed by atoms with E-state index in [1.165, 1.54) is 12.1 Å². The Kier molecular flexibility index (Phi) is 3.68. The van der Waals surface area contributed by atoms with Crippen molar-refractivity contribution in [3.05, 3.63) is 29.8 Å². The molecule has 0 radical (unpaired) electrons. The van der Waals surface area contributed by atoms with Crippen LogP contribution >= 0.6 is 0 Å². The highest BCUT2D eigenvalue weighted by Gasteiger charge is 2.27. The molecule has 1 saturated carbocycles. The first kappa shape index (κ1) is 13.0. The summed E-state index contributed by atoms with van der Waals surface area (Å²) in [4.78, 5) is 10.7. The number of carboxylic acid groups (broad SMARTS) is 1. The minimum absolute atomic E-state index is 0.000442. The first-order valence-corrected chi connectivity index (χ1v) is 7.29. The average molecular weight is 269 g/mol. The Morgan fingerprint density at radius 3 is 2.72 bits per heavy atom. The lowest BCUT2D eigenvalue weighted by Gasteiger charge is -2.07. The summed E-state index contributed by atoms with van der Waals surface area (Å²) in [6.07, 6.45) is 2.11. The fraction of sp³-hybridized carbons (Fsp3) is 0.417. The van der Waals surface area contributed by atoms with Crippen LogP contribution in [0.1, 0.15) is 24.8 Å². The number of carbonyl (C=O) groups is 1. The third kappa shape index (κ3) is 3.54. The van der Waals surface area contributed by atoms with E-state index < -0.39 is 16.0 Å². The summed E-state index contributed by atoms with van der Waals surface area (Å²) in [5.74, 6) is -0.889. The second kappa shape index (κ2) is 5.07. The molecule has 0 amide bonds. The molecule has 0 saturated heterocycles. The van der Waals surface area contributed by atoms with Crippen LogP contribution in [0.4, 0.5) is 0 Å². The molecule has 0 bridgehead atoms. The number of hydrogen-bond donors (Lipinski definition) is 2. The summed E-state index contributed by atoms with van der Waals surface area (Å²) >= 11 is 0. The molecule has 1 aliphatic rings. The van der Waals surface area contributed by atoms with Crippen LogP contribution < -0.4 is 4.72 Å². The van der Waals surface area contributed by atoms with Crippen molar-refractivity contribution in [1.82, 2.24) is 4.72 Å². The van der Waals surface area contributed by atoms with Gasteiger partial charge in [0.15, 0.2) is 0 Å². The van der Waals surface area contributed by atoms with Gasteiger partial charge in [-0.25, -0.2) is 13.1 Å². The van der Waals surface area contributed by atoms with Gasteiger partial charge in [0.05, 0.1) is 4.90 Å². The quantitative estimate of drug-likeness (QED) is 0.811. The van der Waals surface area contributed by atoms with Crippen LogP contribution in [0.2, 0.25) is 0 Å².